The van der Waals surface area contributed by atoms with Gasteiger partial charge < -0.3 is 9.47 Å². The molecule has 0 N–H and O–H groups in total. The fourth-order valence-electron chi connectivity index (χ4n) is 2.13. The summed E-state index contributed by atoms with van der Waals surface area (Å²) in [5, 5.41) is 4.41. The number of benzene rings is 2. The van der Waals surface area contributed by atoms with Crippen molar-refractivity contribution in [2.24, 2.45) is 0 Å². The summed E-state index contributed by atoms with van der Waals surface area (Å²) in [7, 11) is 3.32. The second-order valence-corrected chi connectivity index (χ2v) is 4.60. The van der Waals surface area contributed by atoms with E-state index in [4.69, 9.17) is 9.47 Å². The molecule has 0 atom stereocenters. The normalized spacial score (nSPS) is 10.4. The van der Waals surface area contributed by atoms with Crippen LogP contribution in [0.15, 0.2) is 60.9 Å². The lowest BCUT2D eigenvalue weighted by Gasteiger charge is -2.03. The van der Waals surface area contributed by atoms with E-state index in [1.54, 1.807) is 14.2 Å². The van der Waals surface area contributed by atoms with E-state index >= 15 is 0 Å². The molecule has 0 saturated carbocycles. The molecule has 106 valence electrons. The molecule has 0 spiro atoms. The number of aromatic nitrogens is 2. The Balaban J connectivity index is 1.87. The van der Waals surface area contributed by atoms with Crippen molar-refractivity contribution < 1.29 is 9.47 Å². The van der Waals surface area contributed by atoms with Gasteiger partial charge in [0.2, 0.25) is 0 Å². The molecular weight excluding hydrogens is 264 g/mol. The van der Waals surface area contributed by atoms with Crippen LogP contribution in [0, 0.1) is 0 Å². The van der Waals surface area contributed by atoms with Crippen molar-refractivity contribution in [3.8, 4) is 28.3 Å². The number of nitrogens with zero attached hydrogens (tertiary/aromatic N) is 2. The molecule has 0 aliphatic carbocycles. The van der Waals surface area contributed by atoms with Crippen LogP contribution in [0.25, 0.3) is 16.8 Å². The van der Waals surface area contributed by atoms with E-state index < -0.39 is 0 Å². The third kappa shape index (κ3) is 2.74. The predicted molar refractivity (Wildman–Crippen MR) is 82.1 cm³/mol. The maximum Gasteiger partial charge on any atom is 0.119 e. The molecule has 1 aromatic heterocycles. The van der Waals surface area contributed by atoms with Crippen LogP contribution in [0.1, 0.15) is 0 Å². The molecule has 2 aromatic carbocycles. The second kappa shape index (κ2) is 5.71. The lowest BCUT2D eigenvalue weighted by Crippen LogP contribution is -1.93. The quantitative estimate of drug-likeness (QED) is 0.733. The van der Waals surface area contributed by atoms with Crippen LogP contribution in [-0.2, 0) is 0 Å². The fourth-order valence-corrected chi connectivity index (χ4v) is 2.13. The molecule has 3 aromatic rings. The number of ether oxygens (including phenoxy) is 2. The second-order valence-electron chi connectivity index (χ2n) is 4.60. The van der Waals surface area contributed by atoms with Gasteiger partial charge >= 0.3 is 0 Å². The Kier molecular flexibility index (Phi) is 3.60. The van der Waals surface area contributed by atoms with E-state index in [0.29, 0.717) is 0 Å². The maximum absolute atomic E-state index is 5.17. The van der Waals surface area contributed by atoms with Gasteiger partial charge in [0.05, 0.1) is 26.1 Å². The van der Waals surface area contributed by atoms with Crippen LogP contribution in [0.5, 0.6) is 11.5 Å². The van der Waals surface area contributed by atoms with Gasteiger partial charge in [0, 0.05) is 11.8 Å². The van der Waals surface area contributed by atoms with Crippen molar-refractivity contribution >= 4 is 0 Å². The molecule has 0 bridgehead atoms. The van der Waals surface area contributed by atoms with Gasteiger partial charge in [-0.2, -0.15) is 5.10 Å². The first kappa shape index (κ1) is 13.2. The predicted octanol–water partition coefficient (Wildman–Crippen LogP) is 3.56. The van der Waals surface area contributed by atoms with Crippen LogP contribution in [0.3, 0.4) is 0 Å². The smallest absolute Gasteiger partial charge is 0.119 e. The molecule has 0 amide bonds. The summed E-state index contributed by atoms with van der Waals surface area (Å²) in [6.45, 7) is 0. The summed E-state index contributed by atoms with van der Waals surface area (Å²) in [6.07, 6.45) is 3.86. The number of hydrogen-bond donors (Lipinski definition) is 0. The zero-order valence-electron chi connectivity index (χ0n) is 12.0. The first-order chi connectivity index (χ1) is 10.3. The monoisotopic (exact) mass is 280 g/mol. The van der Waals surface area contributed by atoms with Gasteiger partial charge in [-0.05, 0) is 42.0 Å². The molecule has 4 nitrogen and oxygen atoms in total. The van der Waals surface area contributed by atoms with E-state index in [0.717, 1.165) is 28.3 Å². The molecule has 1 heterocycles. The topological polar surface area (TPSA) is 36.3 Å². The molecule has 0 saturated heterocycles. The van der Waals surface area contributed by atoms with Gasteiger partial charge in [-0.25, -0.2) is 4.68 Å². The lowest BCUT2D eigenvalue weighted by molar-refractivity contribution is 0.414. The zero-order valence-corrected chi connectivity index (χ0v) is 12.0. The number of rotatable bonds is 4. The van der Waals surface area contributed by atoms with Gasteiger partial charge in [0.1, 0.15) is 11.5 Å². The Morgan fingerprint density at radius 2 is 1.33 bits per heavy atom. The lowest BCUT2D eigenvalue weighted by atomic mass is 10.1. The summed E-state index contributed by atoms with van der Waals surface area (Å²) in [6, 6.07) is 15.7. The maximum atomic E-state index is 5.17. The zero-order chi connectivity index (χ0) is 14.7. The molecule has 4 heteroatoms. The van der Waals surface area contributed by atoms with E-state index in [2.05, 4.69) is 5.10 Å². The highest BCUT2D eigenvalue weighted by molar-refractivity contribution is 5.63. The molecular formula is C17H16N2O2. The minimum Gasteiger partial charge on any atom is -0.497 e. The van der Waals surface area contributed by atoms with Gasteiger partial charge in [-0.1, -0.05) is 12.1 Å². The van der Waals surface area contributed by atoms with Crippen LogP contribution in [-0.4, -0.2) is 24.0 Å². The third-order valence-electron chi connectivity index (χ3n) is 3.34. The van der Waals surface area contributed by atoms with Crippen molar-refractivity contribution in [1.29, 1.82) is 0 Å². The largest absolute Gasteiger partial charge is 0.497 e. The van der Waals surface area contributed by atoms with Crippen LogP contribution >= 0.6 is 0 Å². The Labute approximate surface area is 123 Å². The molecule has 0 aliphatic rings. The SMILES string of the molecule is COc1ccc(-c2cnn(-c3ccc(OC)cc3)c2)cc1. The number of hydrogen-bond acceptors (Lipinski definition) is 3. The summed E-state index contributed by atoms with van der Waals surface area (Å²) >= 11 is 0. The van der Waals surface area contributed by atoms with Crippen LogP contribution < -0.4 is 9.47 Å². The minimum atomic E-state index is 0.835. The molecule has 21 heavy (non-hydrogen) atoms. The van der Waals surface area contributed by atoms with Gasteiger partial charge in [0.15, 0.2) is 0 Å². The third-order valence-corrected chi connectivity index (χ3v) is 3.34. The van der Waals surface area contributed by atoms with Crippen molar-refractivity contribution in [3.63, 3.8) is 0 Å². The van der Waals surface area contributed by atoms with Crippen LogP contribution in [0.4, 0.5) is 0 Å². The highest BCUT2D eigenvalue weighted by Crippen LogP contribution is 2.23. The first-order valence-electron chi connectivity index (χ1n) is 6.63. The van der Waals surface area contributed by atoms with Crippen LogP contribution in [0.2, 0.25) is 0 Å². The van der Waals surface area contributed by atoms with E-state index in [-0.39, 0.29) is 0 Å². The van der Waals surface area contributed by atoms with Gasteiger partial charge in [-0.3, -0.25) is 0 Å². The van der Waals surface area contributed by atoms with E-state index in [9.17, 15) is 0 Å². The van der Waals surface area contributed by atoms with Crippen molar-refractivity contribution in [1.82, 2.24) is 9.78 Å². The minimum absolute atomic E-state index is 0.835. The van der Waals surface area contributed by atoms with Crippen molar-refractivity contribution in [3.05, 3.63) is 60.9 Å². The average Bonchev–Trinajstić information content (AvgIpc) is 3.05. The van der Waals surface area contributed by atoms with E-state index in [1.807, 2.05) is 65.6 Å². The first-order valence-corrected chi connectivity index (χ1v) is 6.63. The Bertz CT molecular complexity index is 653. The Hall–Kier alpha value is -2.75. The summed E-state index contributed by atoms with van der Waals surface area (Å²) in [4.78, 5) is 0. The van der Waals surface area contributed by atoms with Crippen molar-refractivity contribution in [2.75, 3.05) is 14.2 Å². The Morgan fingerprint density at radius 3 is 1.90 bits per heavy atom. The van der Waals surface area contributed by atoms with Gasteiger partial charge in [0.25, 0.3) is 0 Å². The molecule has 3 rings (SSSR count). The standard InChI is InChI=1S/C17H16N2O2/c1-20-16-7-3-13(4-8-16)14-11-18-19(12-14)15-5-9-17(21-2)10-6-15/h3-12H,1-2H3. The summed E-state index contributed by atoms with van der Waals surface area (Å²) in [5.41, 5.74) is 3.17. The summed E-state index contributed by atoms with van der Waals surface area (Å²) < 4.78 is 12.2. The number of methoxy groups -OCH3 is 2. The molecule has 0 aliphatic heterocycles. The summed E-state index contributed by atoms with van der Waals surface area (Å²) in [5.74, 6) is 1.68. The van der Waals surface area contributed by atoms with Crippen molar-refractivity contribution in [2.45, 2.75) is 0 Å². The molecule has 0 radical (unpaired) electrons. The molecule has 0 fully saturated rings. The van der Waals surface area contributed by atoms with Gasteiger partial charge in [-0.15, -0.1) is 0 Å². The average molecular weight is 280 g/mol. The highest BCUT2D eigenvalue weighted by Gasteiger charge is 2.04. The Morgan fingerprint density at radius 1 is 0.762 bits per heavy atom. The van der Waals surface area contributed by atoms with E-state index in [1.165, 1.54) is 0 Å². The highest BCUT2D eigenvalue weighted by atomic mass is 16.5. The molecule has 0 unspecified atom stereocenters. The fraction of sp³-hybridized carbons (Fsp3) is 0.118.